The predicted octanol–water partition coefficient (Wildman–Crippen LogP) is 3.84. The summed E-state index contributed by atoms with van der Waals surface area (Å²) in [6.45, 7) is 0.0782. The van der Waals surface area contributed by atoms with E-state index in [2.05, 4.69) is 5.32 Å². The smallest absolute Gasteiger partial charge is 0.405 e. The van der Waals surface area contributed by atoms with Gasteiger partial charge in [-0.3, -0.25) is 4.79 Å². The Hall–Kier alpha value is -3.41. The number of methoxy groups -OCH3 is 1. The van der Waals surface area contributed by atoms with Crippen LogP contribution in [0.2, 0.25) is 0 Å². The van der Waals surface area contributed by atoms with E-state index in [1.807, 2.05) is 11.4 Å². The molecule has 6 nitrogen and oxygen atoms in total. The normalized spacial score (nSPS) is 11.9. The van der Waals surface area contributed by atoms with E-state index >= 15 is 0 Å². The van der Waals surface area contributed by atoms with Crippen LogP contribution >= 0.6 is 0 Å². The Kier molecular flexibility index (Phi) is 6.71. The average Bonchev–Trinajstić information content (AvgIpc) is 2.67. The molecule has 0 aliphatic rings. The number of halogens is 3. The summed E-state index contributed by atoms with van der Waals surface area (Å²) in [7, 11) is 1.46. The van der Waals surface area contributed by atoms with Gasteiger partial charge in [-0.2, -0.15) is 18.4 Å². The molecule has 0 radical (unpaired) electrons. The lowest BCUT2D eigenvalue weighted by atomic mass is 10.2. The molecule has 2 rings (SSSR count). The van der Waals surface area contributed by atoms with Crippen molar-refractivity contribution in [2.24, 2.45) is 0 Å². The maximum Gasteiger partial charge on any atom is 0.405 e. The van der Waals surface area contributed by atoms with Crippen molar-refractivity contribution in [2.45, 2.75) is 19.1 Å². The molecule has 0 saturated heterocycles. The number of benzene rings is 2. The highest BCUT2D eigenvalue weighted by molar-refractivity contribution is 5.84. The highest BCUT2D eigenvalue weighted by Gasteiger charge is 2.28. The molecule has 1 unspecified atom stereocenters. The second-order valence-corrected chi connectivity index (χ2v) is 5.80. The molecule has 0 heterocycles. The van der Waals surface area contributed by atoms with Crippen LogP contribution in [-0.2, 0) is 4.79 Å². The summed E-state index contributed by atoms with van der Waals surface area (Å²) in [6.07, 6.45) is -4.46. The Morgan fingerprint density at radius 1 is 1.18 bits per heavy atom. The third kappa shape index (κ3) is 6.09. The van der Waals surface area contributed by atoms with Gasteiger partial charge < -0.3 is 20.1 Å². The summed E-state index contributed by atoms with van der Waals surface area (Å²) < 4.78 is 47.4. The molecule has 2 N–H and O–H groups in total. The molecule has 1 atom stereocenters. The van der Waals surface area contributed by atoms with Crippen LogP contribution in [-0.4, -0.2) is 31.8 Å². The van der Waals surface area contributed by atoms with Gasteiger partial charge in [-0.1, -0.05) is 0 Å². The lowest BCUT2D eigenvalue weighted by Gasteiger charge is -2.16. The van der Waals surface area contributed by atoms with Crippen LogP contribution in [0.25, 0.3) is 0 Å². The van der Waals surface area contributed by atoms with E-state index in [1.54, 1.807) is 42.5 Å². The maximum atomic E-state index is 12.2. The fourth-order valence-electron chi connectivity index (χ4n) is 2.22. The molecule has 0 fully saturated rings. The summed E-state index contributed by atoms with van der Waals surface area (Å²) in [6, 6.07) is 12.4. The maximum absolute atomic E-state index is 12.2. The van der Waals surface area contributed by atoms with Gasteiger partial charge in [0.1, 0.15) is 18.3 Å². The molecule has 0 saturated carbocycles. The number of hydrogen-bond acceptors (Lipinski definition) is 5. The topological polar surface area (TPSA) is 83.4 Å². The predicted molar refractivity (Wildman–Crippen MR) is 96.4 cm³/mol. The summed E-state index contributed by atoms with van der Waals surface area (Å²) in [5.41, 5.74) is 0.968. The van der Waals surface area contributed by atoms with Gasteiger partial charge in [0.2, 0.25) is 5.91 Å². The van der Waals surface area contributed by atoms with Crippen molar-refractivity contribution in [2.75, 3.05) is 19.0 Å². The van der Waals surface area contributed by atoms with Crippen molar-refractivity contribution >= 4 is 11.6 Å². The first kappa shape index (κ1) is 20.9. The highest BCUT2D eigenvalue weighted by atomic mass is 19.4. The Balaban J connectivity index is 1.98. The number of amides is 1. The van der Waals surface area contributed by atoms with E-state index < -0.39 is 24.7 Å². The minimum absolute atomic E-state index is 0.399. The van der Waals surface area contributed by atoms with Gasteiger partial charge in [0, 0.05) is 11.8 Å². The Bertz CT molecular complexity index is 861. The minimum atomic E-state index is -4.46. The lowest BCUT2D eigenvalue weighted by molar-refractivity contribution is -0.138. The van der Waals surface area contributed by atoms with E-state index in [-0.39, 0.29) is 0 Å². The molecular formula is C19H18F3N3O3. The van der Waals surface area contributed by atoms with Crippen LogP contribution in [0.3, 0.4) is 0 Å². The fraction of sp³-hybridized carbons (Fsp3) is 0.263. The second-order valence-electron chi connectivity index (χ2n) is 5.80. The minimum Gasteiger partial charge on any atom is -0.493 e. The summed E-state index contributed by atoms with van der Waals surface area (Å²) in [5, 5.41) is 13.5. The van der Waals surface area contributed by atoms with Crippen molar-refractivity contribution in [1.29, 1.82) is 5.26 Å². The largest absolute Gasteiger partial charge is 0.493 e. The monoisotopic (exact) mass is 393 g/mol. The third-order valence-electron chi connectivity index (χ3n) is 3.61. The van der Waals surface area contributed by atoms with Gasteiger partial charge in [-0.15, -0.1) is 0 Å². The standard InChI is InChI=1S/C19H18F3N3O3/c1-12(18(26)24-11-19(20,21)22)25-14-4-6-15(7-5-14)28-16-8-3-13(10-23)9-17(16)27-2/h3-9,12,25H,11H2,1-2H3,(H,24,26). The number of alkyl halides is 3. The zero-order valence-corrected chi connectivity index (χ0v) is 15.1. The number of anilines is 1. The molecule has 0 aliphatic carbocycles. The van der Waals surface area contributed by atoms with Crippen molar-refractivity contribution in [3.63, 3.8) is 0 Å². The molecule has 0 aliphatic heterocycles. The van der Waals surface area contributed by atoms with Crippen molar-refractivity contribution in [3.05, 3.63) is 48.0 Å². The first-order chi connectivity index (χ1) is 13.2. The van der Waals surface area contributed by atoms with Crippen molar-refractivity contribution in [1.82, 2.24) is 5.32 Å². The lowest BCUT2D eigenvalue weighted by Crippen LogP contribution is -2.42. The van der Waals surface area contributed by atoms with Crippen molar-refractivity contribution < 1.29 is 27.4 Å². The third-order valence-corrected chi connectivity index (χ3v) is 3.61. The Morgan fingerprint density at radius 2 is 1.86 bits per heavy atom. The van der Waals surface area contributed by atoms with Crippen LogP contribution in [0.5, 0.6) is 17.2 Å². The zero-order valence-electron chi connectivity index (χ0n) is 15.1. The fourth-order valence-corrected chi connectivity index (χ4v) is 2.22. The first-order valence-corrected chi connectivity index (χ1v) is 8.19. The average molecular weight is 393 g/mol. The van der Waals surface area contributed by atoms with Gasteiger partial charge in [-0.25, -0.2) is 0 Å². The van der Waals surface area contributed by atoms with E-state index in [9.17, 15) is 18.0 Å². The van der Waals surface area contributed by atoms with Gasteiger partial charge in [0.05, 0.1) is 18.7 Å². The molecule has 148 valence electrons. The SMILES string of the molecule is COc1cc(C#N)ccc1Oc1ccc(NC(C)C(=O)NCC(F)(F)F)cc1. The first-order valence-electron chi connectivity index (χ1n) is 8.19. The van der Waals surface area contributed by atoms with E-state index in [0.717, 1.165) is 0 Å². The second kappa shape index (κ2) is 8.99. The molecule has 2 aromatic rings. The molecule has 2 aromatic carbocycles. The molecule has 1 amide bonds. The van der Waals surface area contributed by atoms with Gasteiger partial charge in [0.15, 0.2) is 11.5 Å². The number of nitrogens with zero attached hydrogens (tertiary/aromatic N) is 1. The van der Waals surface area contributed by atoms with Crippen LogP contribution < -0.4 is 20.1 Å². The van der Waals surface area contributed by atoms with Crippen LogP contribution in [0.15, 0.2) is 42.5 Å². The zero-order chi connectivity index (χ0) is 20.7. The molecule has 9 heteroatoms. The van der Waals surface area contributed by atoms with Crippen LogP contribution in [0, 0.1) is 11.3 Å². The Labute approximate surface area is 159 Å². The van der Waals surface area contributed by atoms with Crippen LogP contribution in [0.4, 0.5) is 18.9 Å². The van der Waals surface area contributed by atoms with Gasteiger partial charge >= 0.3 is 6.18 Å². The quantitative estimate of drug-likeness (QED) is 0.747. The number of rotatable bonds is 7. The van der Waals surface area contributed by atoms with E-state index in [4.69, 9.17) is 14.7 Å². The highest BCUT2D eigenvalue weighted by Crippen LogP contribution is 2.32. The molecular weight excluding hydrogens is 375 g/mol. The summed E-state index contributed by atoms with van der Waals surface area (Å²) >= 11 is 0. The van der Waals surface area contributed by atoms with Crippen molar-refractivity contribution in [3.8, 4) is 23.3 Å². The molecule has 0 aromatic heterocycles. The number of nitriles is 1. The molecule has 0 bridgehead atoms. The molecule has 28 heavy (non-hydrogen) atoms. The van der Waals surface area contributed by atoms with Gasteiger partial charge in [0.25, 0.3) is 0 Å². The van der Waals surface area contributed by atoms with E-state index in [0.29, 0.717) is 28.5 Å². The molecule has 0 spiro atoms. The number of hydrogen-bond donors (Lipinski definition) is 2. The number of carbonyl (C=O) groups excluding carboxylic acids is 1. The summed E-state index contributed by atoms with van der Waals surface area (Å²) in [5.74, 6) is 0.529. The van der Waals surface area contributed by atoms with Gasteiger partial charge in [-0.05, 0) is 43.3 Å². The van der Waals surface area contributed by atoms with E-state index in [1.165, 1.54) is 14.0 Å². The summed E-state index contributed by atoms with van der Waals surface area (Å²) in [4.78, 5) is 11.7. The Morgan fingerprint density at radius 3 is 2.43 bits per heavy atom. The van der Waals surface area contributed by atoms with Crippen LogP contribution in [0.1, 0.15) is 12.5 Å². The number of carbonyl (C=O) groups is 1. The number of nitrogens with one attached hydrogen (secondary N) is 2. The number of ether oxygens (including phenoxy) is 2.